The molecule has 0 saturated carbocycles. The fourth-order valence-electron chi connectivity index (χ4n) is 1.54. The lowest BCUT2D eigenvalue weighted by Crippen LogP contribution is -2.01. The number of carbonyl (C=O) groups is 1. The number of hydrogen-bond acceptors (Lipinski definition) is 2. The van der Waals surface area contributed by atoms with Gasteiger partial charge in [0.2, 0.25) is 5.78 Å². The number of benzene rings is 1. The van der Waals surface area contributed by atoms with Crippen molar-refractivity contribution < 1.29 is 4.79 Å². The second-order valence-electron chi connectivity index (χ2n) is 3.65. The Bertz CT molecular complexity index is 543. The normalized spacial score (nSPS) is 10.4. The van der Waals surface area contributed by atoms with Crippen LogP contribution in [0.25, 0.3) is 0 Å². The Morgan fingerprint density at radius 3 is 2.56 bits per heavy atom. The van der Waals surface area contributed by atoms with Crippen LogP contribution in [0.4, 0.5) is 0 Å². The second kappa shape index (κ2) is 4.40. The molecule has 0 unspecified atom stereocenters. The van der Waals surface area contributed by atoms with Crippen LogP contribution in [-0.4, -0.2) is 5.78 Å². The van der Waals surface area contributed by atoms with Crippen molar-refractivity contribution >= 4 is 28.7 Å². The van der Waals surface area contributed by atoms with E-state index in [9.17, 15) is 4.79 Å². The molecule has 82 valence electrons. The van der Waals surface area contributed by atoms with E-state index in [2.05, 4.69) is 0 Å². The molecule has 16 heavy (non-hydrogen) atoms. The number of thiophene rings is 1. The fraction of sp³-hybridized carbons (Fsp3) is 0.154. The number of ketones is 1. The highest BCUT2D eigenvalue weighted by Crippen LogP contribution is 2.24. The van der Waals surface area contributed by atoms with Crippen LogP contribution < -0.4 is 0 Å². The van der Waals surface area contributed by atoms with E-state index in [1.807, 2.05) is 38.1 Å². The number of carbonyl (C=O) groups excluding carboxylic acids is 1. The molecule has 0 saturated heterocycles. The van der Waals surface area contributed by atoms with Gasteiger partial charge in [-0.05, 0) is 37.6 Å². The lowest BCUT2D eigenvalue weighted by molar-refractivity contribution is 0.104. The van der Waals surface area contributed by atoms with Crippen LogP contribution in [0.15, 0.2) is 30.3 Å². The van der Waals surface area contributed by atoms with Crippen LogP contribution in [0.3, 0.4) is 0 Å². The Morgan fingerprint density at radius 2 is 1.94 bits per heavy atom. The van der Waals surface area contributed by atoms with Gasteiger partial charge in [0, 0.05) is 15.5 Å². The number of halogens is 1. The second-order valence-corrected chi connectivity index (χ2v) is 5.35. The predicted molar refractivity (Wildman–Crippen MR) is 68.7 cm³/mol. The minimum atomic E-state index is 0.0538. The average molecular weight is 251 g/mol. The Balaban J connectivity index is 2.45. The first-order valence-corrected chi connectivity index (χ1v) is 6.15. The van der Waals surface area contributed by atoms with E-state index in [-0.39, 0.29) is 5.78 Å². The summed E-state index contributed by atoms with van der Waals surface area (Å²) in [6.07, 6.45) is 0. The van der Waals surface area contributed by atoms with E-state index in [0.717, 1.165) is 15.3 Å². The summed E-state index contributed by atoms with van der Waals surface area (Å²) in [5.41, 5.74) is 1.54. The van der Waals surface area contributed by atoms with Gasteiger partial charge in [-0.2, -0.15) is 0 Å². The number of rotatable bonds is 2. The molecule has 0 aliphatic rings. The molecule has 0 aliphatic heterocycles. The average Bonchev–Trinajstić information content (AvgIpc) is 2.68. The van der Waals surface area contributed by atoms with Gasteiger partial charge in [-0.25, -0.2) is 0 Å². The van der Waals surface area contributed by atoms with E-state index >= 15 is 0 Å². The molecule has 0 radical (unpaired) electrons. The van der Waals surface area contributed by atoms with Gasteiger partial charge < -0.3 is 0 Å². The molecule has 0 spiro atoms. The van der Waals surface area contributed by atoms with Crippen LogP contribution in [0.1, 0.15) is 25.7 Å². The van der Waals surface area contributed by atoms with Crippen molar-refractivity contribution in [1.82, 2.24) is 0 Å². The van der Waals surface area contributed by atoms with Crippen molar-refractivity contribution in [3.63, 3.8) is 0 Å². The summed E-state index contributed by atoms with van der Waals surface area (Å²) >= 11 is 7.51. The Morgan fingerprint density at radius 1 is 1.19 bits per heavy atom. The predicted octanol–water partition coefficient (Wildman–Crippen LogP) is 4.25. The van der Waals surface area contributed by atoms with Crippen LogP contribution >= 0.6 is 22.9 Å². The van der Waals surface area contributed by atoms with Gasteiger partial charge in [0.05, 0.1) is 4.88 Å². The molecule has 1 nitrogen and oxygen atoms in total. The van der Waals surface area contributed by atoms with Crippen molar-refractivity contribution in [3.8, 4) is 0 Å². The van der Waals surface area contributed by atoms with Gasteiger partial charge in [-0.3, -0.25) is 4.79 Å². The van der Waals surface area contributed by atoms with Gasteiger partial charge in [0.15, 0.2) is 0 Å². The molecule has 2 aromatic rings. The number of aryl methyl sites for hydroxylation is 1. The van der Waals surface area contributed by atoms with E-state index < -0.39 is 0 Å². The third-order valence-electron chi connectivity index (χ3n) is 2.48. The first-order valence-electron chi connectivity index (χ1n) is 4.96. The van der Waals surface area contributed by atoms with Crippen LogP contribution in [-0.2, 0) is 0 Å². The van der Waals surface area contributed by atoms with Gasteiger partial charge in [-0.15, -0.1) is 11.3 Å². The van der Waals surface area contributed by atoms with Gasteiger partial charge in [-0.1, -0.05) is 23.7 Å². The van der Waals surface area contributed by atoms with E-state index in [1.165, 1.54) is 11.3 Å². The van der Waals surface area contributed by atoms with Crippen molar-refractivity contribution in [1.29, 1.82) is 0 Å². The lowest BCUT2D eigenvalue weighted by atomic mass is 10.0. The quantitative estimate of drug-likeness (QED) is 0.729. The van der Waals surface area contributed by atoms with Crippen LogP contribution in [0.5, 0.6) is 0 Å². The molecule has 3 heteroatoms. The van der Waals surface area contributed by atoms with E-state index in [4.69, 9.17) is 11.6 Å². The Kier molecular flexibility index (Phi) is 3.13. The summed E-state index contributed by atoms with van der Waals surface area (Å²) in [5.74, 6) is 0.0538. The van der Waals surface area contributed by atoms with Crippen LogP contribution in [0, 0.1) is 13.8 Å². The Hall–Kier alpha value is -1.12. The first kappa shape index (κ1) is 11.4. The highest BCUT2D eigenvalue weighted by Gasteiger charge is 2.14. The summed E-state index contributed by atoms with van der Waals surface area (Å²) in [7, 11) is 0. The minimum absolute atomic E-state index is 0.0538. The minimum Gasteiger partial charge on any atom is -0.288 e. The van der Waals surface area contributed by atoms with Crippen LogP contribution in [0.2, 0.25) is 5.02 Å². The molecule has 1 heterocycles. The topological polar surface area (TPSA) is 17.1 Å². The summed E-state index contributed by atoms with van der Waals surface area (Å²) in [4.78, 5) is 14.1. The first-order chi connectivity index (χ1) is 7.59. The molecule has 0 N–H and O–H groups in total. The zero-order chi connectivity index (χ0) is 11.7. The molecule has 1 aromatic heterocycles. The summed E-state index contributed by atoms with van der Waals surface area (Å²) in [6, 6.07) is 9.25. The molecule has 0 atom stereocenters. The van der Waals surface area contributed by atoms with Crippen molar-refractivity contribution in [2.24, 2.45) is 0 Å². The zero-order valence-electron chi connectivity index (χ0n) is 9.08. The summed E-state index contributed by atoms with van der Waals surface area (Å²) in [6.45, 7) is 3.86. The van der Waals surface area contributed by atoms with Gasteiger partial charge >= 0.3 is 0 Å². The highest BCUT2D eigenvalue weighted by atomic mass is 35.5. The molecule has 2 rings (SSSR count). The summed E-state index contributed by atoms with van der Waals surface area (Å²) in [5, 5.41) is 0.638. The fourth-order valence-corrected chi connectivity index (χ4v) is 2.54. The van der Waals surface area contributed by atoms with Gasteiger partial charge in [0.1, 0.15) is 0 Å². The maximum absolute atomic E-state index is 12.2. The SMILES string of the molecule is Cc1ccc(C(=O)c2cccc(Cl)c2C)s1. The smallest absolute Gasteiger partial charge is 0.203 e. The third-order valence-corrected chi connectivity index (χ3v) is 3.89. The summed E-state index contributed by atoms with van der Waals surface area (Å²) < 4.78 is 0. The van der Waals surface area contributed by atoms with E-state index in [0.29, 0.717) is 10.6 Å². The highest BCUT2D eigenvalue weighted by molar-refractivity contribution is 7.14. The molecule has 1 aromatic carbocycles. The molecular weight excluding hydrogens is 240 g/mol. The molecule has 0 fully saturated rings. The maximum Gasteiger partial charge on any atom is 0.203 e. The molecular formula is C13H11ClOS. The maximum atomic E-state index is 12.2. The lowest BCUT2D eigenvalue weighted by Gasteiger charge is -2.04. The largest absolute Gasteiger partial charge is 0.288 e. The zero-order valence-corrected chi connectivity index (χ0v) is 10.7. The molecule has 0 amide bonds. The number of hydrogen-bond donors (Lipinski definition) is 0. The monoisotopic (exact) mass is 250 g/mol. The molecule has 0 aliphatic carbocycles. The van der Waals surface area contributed by atoms with Crippen molar-refractivity contribution in [3.05, 3.63) is 56.2 Å². The van der Waals surface area contributed by atoms with E-state index in [1.54, 1.807) is 6.07 Å². The standard InChI is InChI=1S/C13H11ClOS/c1-8-6-7-12(16-8)13(15)10-4-3-5-11(14)9(10)2/h3-7H,1-2H3. The molecule has 0 bridgehead atoms. The Labute approximate surface area is 104 Å². The van der Waals surface area contributed by atoms with Crippen molar-refractivity contribution in [2.45, 2.75) is 13.8 Å². The van der Waals surface area contributed by atoms with Crippen molar-refractivity contribution in [2.75, 3.05) is 0 Å². The third kappa shape index (κ3) is 2.04. The van der Waals surface area contributed by atoms with Gasteiger partial charge in [0.25, 0.3) is 0 Å².